The fourth-order valence-corrected chi connectivity index (χ4v) is 2.27. The Bertz CT molecular complexity index is 684. The molecule has 2 N–H and O–H groups in total. The van der Waals surface area contributed by atoms with Crippen LogP contribution in [-0.2, 0) is 9.59 Å². The number of pyridine rings is 1. The van der Waals surface area contributed by atoms with Gasteiger partial charge in [-0.3, -0.25) is 9.59 Å². The van der Waals surface area contributed by atoms with Crippen molar-refractivity contribution in [3.8, 4) is 0 Å². The molecule has 0 radical (unpaired) electrons. The van der Waals surface area contributed by atoms with Crippen LogP contribution >= 0.6 is 0 Å². The number of nitrogens with zero attached hydrogens (tertiary/aromatic N) is 5. The highest BCUT2D eigenvalue weighted by molar-refractivity contribution is 5.93. The fraction of sp³-hybridized carbons (Fsp3) is 0.357. The van der Waals surface area contributed by atoms with E-state index in [0.717, 1.165) is 0 Å². The Morgan fingerprint density at radius 1 is 1.43 bits per heavy atom. The Kier molecular flexibility index (Phi) is 4.18. The molecule has 1 fully saturated rings. The second-order valence-electron chi connectivity index (χ2n) is 5.22. The normalized spacial score (nSPS) is 15.9. The minimum Gasteiger partial charge on any atom is -0.353 e. The van der Waals surface area contributed by atoms with E-state index in [-0.39, 0.29) is 11.8 Å². The summed E-state index contributed by atoms with van der Waals surface area (Å²) in [5, 5.41) is 9.49. The molecule has 9 nitrogen and oxygen atoms in total. The molecule has 0 aliphatic carbocycles. The van der Waals surface area contributed by atoms with Crippen LogP contribution in [-0.4, -0.2) is 51.2 Å². The van der Waals surface area contributed by atoms with Crippen molar-refractivity contribution in [1.29, 1.82) is 0 Å². The number of anilines is 2. The lowest BCUT2D eigenvalue weighted by molar-refractivity contribution is -0.120. The van der Waals surface area contributed by atoms with Gasteiger partial charge < -0.3 is 15.5 Å². The third kappa shape index (κ3) is 3.44. The van der Waals surface area contributed by atoms with Crippen molar-refractivity contribution in [1.82, 2.24) is 25.1 Å². The van der Waals surface area contributed by atoms with Crippen molar-refractivity contribution >= 4 is 23.3 Å². The average Bonchev–Trinajstić information content (AvgIpc) is 3.09. The van der Waals surface area contributed by atoms with Crippen LogP contribution < -0.4 is 15.5 Å². The molecule has 1 aliphatic rings. The molecule has 1 aliphatic heterocycles. The van der Waals surface area contributed by atoms with Gasteiger partial charge in [0.2, 0.25) is 11.8 Å². The van der Waals surface area contributed by atoms with Crippen LogP contribution in [0.3, 0.4) is 0 Å². The van der Waals surface area contributed by atoms with Gasteiger partial charge in [0.05, 0.1) is 18.4 Å². The van der Waals surface area contributed by atoms with Crippen LogP contribution in [0.2, 0.25) is 0 Å². The highest BCUT2D eigenvalue weighted by Gasteiger charge is 2.18. The second kappa shape index (κ2) is 6.42. The molecule has 2 amide bonds. The first-order chi connectivity index (χ1) is 11.1. The summed E-state index contributed by atoms with van der Waals surface area (Å²) in [5.74, 6) is 0.488. The molecular formula is C14H17N7O2. The second-order valence-corrected chi connectivity index (χ2v) is 5.22. The molecule has 9 heteroatoms. The first-order valence-corrected chi connectivity index (χ1v) is 7.26. The summed E-state index contributed by atoms with van der Waals surface area (Å²) in [4.78, 5) is 33.6. The average molecular weight is 315 g/mol. The lowest BCUT2D eigenvalue weighted by Crippen LogP contribution is -2.48. The molecule has 0 bridgehead atoms. The quantitative estimate of drug-likeness (QED) is 0.810. The Balaban J connectivity index is 1.63. The van der Waals surface area contributed by atoms with Crippen molar-refractivity contribution < 1.29 is 9.59 Å². The van der Waals surface area contributed by atoms with Gasteiger partial charge >= 0.3 is 0 Å². The summed E-state index contributed by atoms with van der Waals surface area (Å²) in [6.07, 6.45) is 4.45. The Morgan fingerprint density at radius 3 is 2.96 bits per heavy atom. The number of hydrogen-bond donors (Lipinski definition) is 2. The third-order valence-electron chi connectivity index (χ3n) is 3.59. The van der Waals surface area contributed by atoms with Crippen LogP contribution in [0.15, 0.2) is 31.0 Å². The zero-order chi connectivity index (χ0) is 16.2. The van der Waals surface area contributed by atoms with E-state index in [1.54, 1.807) is 25.3 Å². The van der Waals surface area contributed by atoms with E-state index in [4.69, 9.17) is 0 Å². The van der Waals surface area contributed by atoms with Gasteiger partial charge in [-0.1, -0.05) is 0 Å². The third-order valence-corrected chi connectivity index (χ3v) is 3.59. The molecule has 2 aromatic rings. The number of carbonyl (C=O) groups excluding carboxylic acids is 2. The Morgan fingerprint density at radius 2 is 2.30 bits per heavy atom. The van der Waals surface area contributed by atoms with Crippen molar-refractivity contribution in [2.24, 2.45) is 0 Å². The standard InChI is InChI=1S/C14H17N7O2/c1-10(21-9-15-8-18-21)14(23)19-11-2-3-12(17-6-11)20-5-4-16-13(22)7-20/h2-3,6,8-10H,4-5,7H2,1H3,(H,16,22)(H,19,23). The topological polar surface area (TPSA) is 105 Å². The van der Waals surface area contributed by atoms with Crippen LogP contribution in [0, 0.1) is 0 Å². The summed E-state index contributed by atoms with van der Waals surface area (Å²) in [6.45, 7) is 3.35. The first-order valence-electron chi connectivity index (χ1n) is 7.26. The predicted octanol–water partition coefficient (Wildman–Crippen LogP) is -0.191. The number of carbonyl (C=O) groups is 2. The van der Waals surface area contributed by atoms with Crippen molar-refractivity contribution in [2.75, 3.05) is 29.9 Å². The molecule has 1 saturated heterocycles. The highest BCUT2D eigenvalue weighted by atomic mass is 16.2. The molecule has 0 saturated carbocycles. The lowest BCUT2D eigenvalue weighted by Gasteiger charge is -2.27. The lowest BCUT2D eigenvalue weighted by atomic mass is 10.3. The van der Waals surface area contributed by atoms with Crippen LogP contribution in [0.25, 0.3) is 0 Å². The van der Waals surface area contributed by atoms with Gasteiger partial charge in [0, 0.05) is 13.1 Å². The van der Waals surface area contributed by atoms with Crippen molar-refractivity contribution in [3.05, 3.63) is 31.0 Å². The summed E-state index contributed by atoms with van der Waals surface area (Å²) in [7, 11) is 0. The van der Waals surface area contributed by atoms with Gasteiger partial charge in [-0.15, -0.1) is 0 Å². The minimum atomic E-state index is -0.469. The predicted molar refractivity (Wildman–Crippen MR) is 82.8 cm³/mol. The van der Waals surface area contributed by atoms with Gasteiger partial charge in [0.15, 0.2) is 0 Å². The van der Waals surface area contributed by atoms with E-state index in [1.165, 1.54) is 17.3 Å². The summed E-state index contributed by atoms with van der Waals surface area (Å²) >= 11 is 0. The van der Waals surface area contributed by atoms with E-state index in [1.807, 2.05) is 4.90 Å². The minimum absolute atomic E-state index is 0.0166. The molecule has 120 valence electrons. The number of aromatic nitrogens is 4. The van der Waals surface area contributed by atoms with Crippen molar-refractivity contribution in [2.45, 2.75) is 13.0 Å². The first kappa shape index (κ1) is 14.9. The largest absolute Gasteiger partial charge is 0.353 e. The molecule has 23 heavy (non-hydrogen) atoms. The maximum absolute atomic E-state index is 12.1. The van der Waals surface area contributed by atoms with E-state index in [0.29, 0.717) is 31.1 Å². The number of piperazine rings is 1. The molecule has 3 heterocycles. The van der Waals surface area contributed by atoms with Crippen LogP contribution in [0.5, 0.6) is 0 Å². The van der Waals surface area contributed by atoms with E-state index < -0.39 is 6.04 Å². The Labute approximate surface area is 132 Å². The monoisotopic (exact) mass is 315 g/mol. The van der Waals surface area contributed by atoms with Crippen LogP contribution in [0.4, 0.5) is 11.5 Å². The van der Waals surface area contributed by atoms with Crippen LogP contribution in [0.1, 0.15) is 13.0 Å². The molecule has 0 spiro atoms. The van der Waals surface area contributed by atoms with Gasteiger partial charge in [-0.05, 0) is 19.1 Å². The smallest absolute Gasteiger partial charge is 0.249 e. The molecule has 1 atom stereocenters. The van der Waals surface area contributed by atoms with Crippen molar-refractivity contribution in [3.63, 3.8) is 0 Å². The van der Waals surface area contributed by atoms with Gasteiger partial charge in [0.1, 0.15) is 24.5 Å². The fourth-order valence-electron chi connectivity index (χ4n) is 2.27. The molecule has 2 aromatic heterocycles. The zero-order valence-corrected chi connectivity index (χ0v) is 12.6. The van der Waals surface area contributed by atoms with E-state index in [9.17, 15) is 9.59 Å². The van der Waals surface area contributed by atoms with Gasteiger partial charge in [0.25, 0.3) is 0 Å². The number of amides is 2. The molecule has 1 unspecified atom stereocenters. The summed E-state index contributed by atoms with van der Waals surface area (Å²) < 4.78 is 1.48. The molecule has 3 rings (SSSR count). The highest BCUT2D eigenvalue weighted by Crippen LogP contribution is 2.16. The summed E-state index contributed by atoms with van der Waals surface area (Å²) in [6, 6.07) is 3.08. The van der Waals surface area contributed by atoms with Gasteiger partial charge in [-0.25, -0.2) is 14.6 Å². The molecular weight excluding hydrogens is 298 g/mol. The SMILES string of the molecule is CC(C(=O)Nc1ccc(N2CCNC(=O)C2)nc1)n1cncn1. The number of nitrogens with one attached hydrogen (secondary N) is 2. The maximum Gasteiger partial charge on any atom is 0.249 e. The summed E-state index contributed by atoms with van der Waals surface area (Å²) in [5.41, 5.74) is 0.590. The van der Waals surface area contributed by atoms with E-state index in [2.05, 4.69) is 25.7 Å². The number of rotatable bonds is 4. The Hall–Kier alpha value is -2.97. The van der Waals surface area contributed by atoms with Gasteiger partial charge in [-0.2, -0.15) is 5.10 Å². The zero-order valence-electron chi connectivity index (χ0n) is 12.6. The van der Waals surface area contributed by atoms with E-state index >= 15 is 0 Å². The molecule has 0 aromatic carbocycles. The number of hydrogen-bond acceptors (Lipinski definition) is 6. The maximum atomic E-state index is 12.1.